The summed E-state index contributed by atoms with van der Waals surface area (Å²) in [6.45, 7) is 10.0. The molecule has 0 heterocycles. The van der Waals surface area contributed by atoms with Crippen LogP contribution in [-0.4, -0.2) is 33.4 Å². The fourth-order valence-electron chi connectivity index (χ4n) is 7.81. The Balaban J connectivity index is 1.84. The van der Waals surface area contributed by atoms with Crippen LogP contribution in [0.4, 0.5) is 4.39 Å². The molecule has 150 valence electrons. The summed E-state index contributed by atoms with van der Waals surface area (Å²) in [5.41, 5.74) is -3.37. The van der Waals surface area contributed by atoms with E-state index in [0.29, 0.717) is 12.8 Å². The third-order valence-corrected chi connectivity index (χ3v) is 9.19. The normalized spacial score (nSPS) is 54.4. The van der Waals surface area contributed by atoms with Crippen molar-refractivity contribution < 1.29 is 19.4 Å². The van der Waals surface area contributed by atoms with Crippen LogP contribution in [0, 0.1) is 34.5 Å². The van der Waals surface area contributed by atoms with E-state index in [2.05, 4.69) is 13.8 Å². The first-order valence-electron chi connectivity index (χ1n) is 10.5. The van der Waals surface area contributed by atoms with Gasteiger partial charge in [-0.15, -0.1) is 0 Å². The van der Waals surface area contributed by atoms with E-state index in [1.165, 1.54) is 6.08 Å². The third-order valence-electron chi connectivity index (χ3n) is 9.19. The van der Waals surface area contributed by atoms with Crippen molar-refractivity contribution in [1.29, 1.82) is 0 Å². The van der Waals surface area contributed by atoms with E-state index in [9.17, 15) is 15.0 Å². The molecule has 4 rings (SSSR count). The second-order valence-corrected chi connectivity index (χ2v) is 10.4. The zero-order valence-electron chi connectivity index (χ0n) is 17.1. The van der Waals surface area contributed by atoms with Gasteiger partial charge in [0, 0.05) is 16.7 Å². The van der Waals surface area contributed by atoms with E-state index in [4.69, 9.17) is 0 Å². The van der Waals surface area contributed by atoms with Crippen molar-refractivity contribution in [2.45, 2.75) is 77.7 Å². The van der Waals surface area contributed by atoms with Crippen molar-refractivity contribution in [3.8, 4) is 0 Å². The summed E-state index contributed by atoms with van der Waals surface area (Å²) in [5, 5.41) is 22.9. The third kappa shape index (κ3) is 2.02. The Morgan fingerprint density at radius 1 is 1.26 bits per heavy atom. The topological polar surface area (TPSA) is 57.5 Å². The van der Waals surface area contributed by atoms with Gasteiger partial charge in [0.15, 0.2) is 11.5 Å². The predicted molar refractivity (Wildman–Crippen MR) is 103 cm³/mol. The van der Waals surface area contributed by atoms with Crippen LogP contribution in [0.5, 0.6) is 0 Å². The highest BCUT2D eigenvalue weighted by Gasteiger charge is 2.74. The molecule has 4 aliphatic rings. The molecule has 3 fully saturated rings. The summed E-state index contributed by atoms with van der Waals surface area (Å²) in [6.07, 6.45) is 5.89. The number of hydrogen-bond donors (Lipinski definition) is 2. The number of alkyl halides is 1. The Kier molecular flexibility index (Phi) is 3.96. The smallest absolute Gasteiger partial charge is 0.178 e. The molecule has 3 nitrogen and oxygen atoms in total. The van der Waals surface area contributed by atoms with Crippen LogP contribution in [0.25, 0.3) is 0 Å². The van der Waals surface area contributed by atoms with Crippen LogP contribution in [0.15, 0.2) is 23.8 Å². The average molecular weight is 377 g/mol. The van der Waals surface area contributed by atoms with Gasteiger partial charge in [-0.1, -0.05) is 39.3 Å². The highest BCUT2D eigenvalue weighted by Crippen LogP contribution is 2.71. The van der Waals surface area contributed by atoms with Crippen LogP contribution < -0.4 is 0 Å². The molecule has 0 spiro atoms. The Morgan fingerprint density at radius 2 is 1.93 bits per heavy atom. The summed E-state index contributed by atoms with van der Waals surface area (Å²) in [7, 11) is 0. The molecule has 0 aromatic carbocycles. The first-order chi connectivity index (χ1) is 12.4. The number of hydrogen-bond acceptors (Lipinski definition) is 3. The van der Waals surface area contributed by atoms with E-state index in [1.54, 1.807) is 12.2 Å². The van der Waals surface area contributed by atoms with Gasteiger partial charge in [0.25, 0.3) is 0 Å². The van der Waals surface area contributed by atoms with E-state index in [0.717, 1.165) is 12.0 Å². The van der Waals surface area contributed by atoms with Crippen molar-refractivity contribution in [3.63, 3.8) is 0 Å². The number of allylic oxidation sites excluding steroid dienone is 4. The molecular formula is C23H33FO3. The SMILES string of the molecule is CC(C)C1(O)C(C)CC2C3CCC4=CC(=O)C=CC4(C)C3(F)C(O)CC21C. The zero-order chi connectivity index (χ0) is 20.0. The molecule has 0 aliphatic heterocycles. The minimum Gasteiger partial charge on any atom is -0.390 e. The Labute approximate surface area is 161 Å². The minimum absolute atomic E-state index is 0.0257. The lowest BCUT2D eigenvalue weighted by molar-refractivity contribution is -0.228. The van der Waals surface area contributed by atoms with E-state index in [1.807, 2.05) is 20.8 Å². The Bertz CT molecular complexity index is 742. The zero-order valence-corrected chi connectivity index (χ0v) is 17.1. The molecular weight excluding hydrogens is 343 g/mol. The molecule has 0 saturated heterocycles. The van der Waals surface area contributed by atoms with Crippen LogP contribution in [0.2, 0.25) is 0 Å². The molecule has 0 aromatic heterocycles. The van der Waals surface area contributed by atoms with E-state index < -0.39 is 28.2 Å². The highest BCUT2D eigenvalue weighted by molar-refractivity contribution is 6.01. The van der Waals surface area contributed by atoms with Gasteiger partial charge in [-0.3, -0.25) is 4.79 Å². The number of rotatable bonds is 1. The number of fused-ring (bicyclic) bond motifs is 5. The quantitative estimate of drug-likeness (QED) is 0.727. The minimum atomic E-state index is -1.81. The van der Waals surface area contributed by atoms with Crippen molar-refractivity contribution >= 4 is 5.78 Å². The first kappa shape index (κ1) is 19.3. The van der Waals surface area contributed by atoms with Crippen molar-refractivity contribution in [3.05, 3.63) is 23.8 Å². The van der Waals surface area contributed by atoms with Gasteiger partial charge in [-0.2, -0.15) is 0 Å². The molecule has 3 saturated carbocycles. The summed E-state index contributed by atoms with van der Waals surface area (Å²) < 4.78 is 16.9. The summed E-state index contributed by atoms with van der Waals surface area (Å²) in [5.74, 6) is -0.276. The average Bonchev–Trinajstić information content (AvgIpc) is 2.79. The summed E-state index contributed by atoms with van der Waals surface area (Å²) >= 11 is 0. The number of halogens is 1. The van der Waals surface area contributed by atoms with Crippen LogP contribution in [0.3, 0.4) is 0 Å². The lowest BCUT2D eigenvalue weighted by Gasteiger charge is -2.63. The highest BCUT2D eigenvalue weighted by atomic mass is 19.1. The molecule has 27 heavy (non-hydrogen) atoms. The van der Waals surface area contributed by atoms with Gasteiger partial charge in [0.05, 0.1) is 11.7 Å². The molecule has 4 heteroatoms. The van der Waals surface area contributed by atoms with Crippen molar-refractivity contribution in [2.75, 3.05) is 0 Å². The van der Waals surface area contributed by atoms with Gasteiger partial charge in [-0.05, 0) is 62.5 Å². The maximum Gasteiger partial charge on any atom is 0.178 e. The molecule has 8 unspecified atom stereocenters. The van der Waals surface area contributed by atoms with Crippen LogP contribution in [-0.2, 0) is 4.79 Å². The molecule has 0 amide bonds. The van der Waals surface area contributed by atoms with Crippen molar-refractivity contribution in [1.82, 2.24) is 0 Å². The maximum absolute atomic E-state index is 16.9. The maximum atomic E-state index is 16.9. The van der Waals surface area contributed by atoms with Crippen molar-refractivity contribution in [2.24, 2.45) is 34.5 Å². The monoisotopic (exact) mass is 376 g/mol. The van der Waals surface area contributed by atoms with Gasteiger partial charge >= 0.3 is 0 Å². The number of aliphatic hydroxyl groups excluding tert-OH is 1. The second kappa shape index (κ2) is 5.54. The fraction of sp³-hybridized carbons (Fsp3) is 0.783. The fourth-order valence-corrected chi connectivity index (χ4v) is 7.81. The molecule has 0 aromatic rings. The molecule has 0 bridgehead atoms. The second-order valence-electron chi connectivity index (χ2n) is 10.4. The first-order valence-corrected chi connectivity index (χ1v) is 10.5. The number of ketones is 1. The largest absolute Gasteiger partial charge is 0.390 e. The van der Waals surface area contributed by atoms with Gasteiger partial charge in [0.1, 0.15) is 0 Å². The van der Waals surface area contributed by atoms with Crippen LogP contribution >= 0.6 is 0 Å². The van der Waals surface area contributed by atoms with Gasteiger partial charge in [0.2, 0.25) is 0 Å². The lowest BCUT2D eigenvalue weighted by atomic mass is 9.44. The Morgan fingerprint density at radius 3 is 2.56 bits per heavy atom. The van der Waals surface area contributed by atoms with Gasteiger partial charge < -0.3 is 10.2 Å². The predicted octanol–water partition coefficient (Wildman–Crippen LogP) is 3.99. The molecule has 8 atom stereocenters. The summed E-state index contributed by atoms with van der Waals surface area (Å²) in [4.78, 5) is 11.9. The summed E-state index contributed by atoms with van der Waals surface area (Å²) in [6, 6.07) is 0. The van der Waals surface area contributed by atoms with Gasteiger partial charge in [-0.25, -0.2) is 4.39 Å². The molecule has 2 N–H and O–H groups in total. The molecule has 4 aliphatic carbocycles. The number of aliphatic hydroxyl groups is 2. The number of carbonyl (C=O) groups excluding carboxylic acids is 1. The standard InChI is InChI=1S/C23H33FO3/c1-13(2)23(27)14(3)10-18-17-7-6-15-11-16(25)8-9-20(15,4)22(17,24)19(26)12-21(18,23)5/h8-9,11,13-14,17-19,26-27H,6-7,10,12H2,1-5H3. The molecule has 0 radical (unpaired) electrons. The number of carbonyl (C=O) groups is 1. The van der Waals surface area contributed by atoms with Crippen LogP contribution in [0.1, 0.15) is 60.3 Å². The lowest BCUT2D eigenvalue weighted by Crippen LogP contribution is -2.68. The van der Waals surface area contributed by atoms with E-state index >= 15 is 4.39 Å². The van der Waals surface area contributed by atoms with E-state index in [-0.39, 0.29) is 35.9 Å². The Hall–Kier alpha value is -1.00.